The SMILES string of the molecule is COc1ccccc1CC(C)NC1CCC(N)CC1. The fourth-order valence-electron chi connectivity index (χ4n) is 2.95. The lowest BCUT2D eigenvalue weighted by Crippen LogP contribution is -2.42. The standard InChI is InChI=1S/C16H26N2O/c1-12(18-15-9-7-14(17)8-10-15)11-13-5-3-4-6-16(13)19-2/h3-6,12,14-15,18H,7-11,17H2,1-2H3. The molecule has 1 aliphatic rings. The molecule has 1 aliphatic carbocycles. The molecule has 2 rings (SSSR count). The number of benzene rings is 1. The highest BCUT2D eigenvalue weighted by atomic mass is 16.5. The van der Waals surface area contributed by atoms with Gasteiger partial charge in [0.25, 0.3) is 0 Å². The predicted octanol–water partition coefficient (Wildman–Crippen LogP) is 2.49. The highest BCUT2D eigenvalue weighted by molar-refractivity contribution is 5.33. The van der Waals surface area contributed by atoms with Gasteiger partial charge in [-0.15, -0.1) is 0 Å². The Labute approximate surface area is 116 Å². The fraction of sp³-hybridized carbons (Fsp3) is 0.625. The summed E-state index contributed by atoms with van der Waals surface area (Å²) in [6.45, 7) is 2.25. The maximum Gasteiger partial charge on any atom is 0.122 e. The van der Waals surface area contributed by atoms with Crippen molar-refractivity contribution in [2.24, 2.45) is 5.73 Å². The molecule has 0 bridgehead atoms. The highest BCUT2D eigenvalue weighted by Crippen LogP contribution is 2.21. The van der Waals surface area contributed by atoms with Gasteiger partial charge in [-0.1, -0.05) is 18.2 Å². The molecule has 1 saturated carbocycles. The van der Waals surface area contributed by atoms with E-state index in [1.807, 2.05) is 12.1 Å². The molecule has 19 heavy (non-hydrogen) atoms. The smallest absolute Gasteiger partial charge is 0.122 e. The van der Waals surface area contributed by atoms with Crippen LogP contribution in [0.1, 0.15) is 38.2 Å². The average molecular weight is 262 g/mol. The lowest BCUT2D eigenvalue weighted by Gasteiger charge is -2.29. The Morgan fingerprint density at radius 3 is 2.63 bits per heavy atom. The monoisotopic (exact) mass is 262 g/mol. The van der Waals surface area contributed by atoms with Crippen LogP contribution in [0.2, 0.25) is 0 Å². The van der Waals surface area contributed by atoms with Gasteiger partial charge in [0, 0.05) is 18.1 Å². The van der Waals surface area contributed by atoms with Gasteiger partial charge in [-0.3, -0.25) is 0 Å². The Morgan fingerprint density at radius 1 is 1.26 bits per heavy atom. The van der Waals surface area contributed by atoms with Crippen molar-refractivity contribution in [2.45, 2.75) is 57.2 Å². The topological polar surface area (TPSA) is 47.3 Å². The van der Waals surface area contributed by atoms with Crippen molar-refractivity contribution in [1.82, 2.24) is 5.32 Å². The number of methoxy groups -OCH3 is 1. The maximum atomic E-state index is 5.94. The minimum absolute atomic E-state index is 0.419. The summed E-state index contributed by atoms with van der Waals surface area (Å²) in [6.07, 6.45) is 5.72. The molecule has 1 fully saturated rings. The number of hydrogen-bond donors (Lipinski definition) is 2. The molecule has 1 aromatic rings. The van der Waals surface area contributed by atoms with E-state index in [0.29, 0.717) is 18.1 Å². The molecule has 0 spiro atoms. The van der Waals surface area contributed by atoms with Crippen LogP contribution >= 0.6 is 0 Å². The molecule has 0 heterocycles. The summed E-state index contributed by atoms with van der Waals surface area (Å²) in [7, 11) is 1.74. The second-order valence-electron chi connectivity index (χ2n) is 5.70. The van der Waals surface area contributed by atoms with E-state index in [9.17, 15) is 0 Å². The lowest BCUT2D eigenvalue weighted by atomic mass is 9.91. The van der Waals surface area contributed by atoms with Crippen LogP contribution in [0.15, 0.2) is 24.3 Å². The van der Waals surface area contributed by atoms with Gasteiger partial charge in [-0.2, -0.15) is 0 Å². The average Bonchev–Trinajstić information content (AvgIpc) is 2.42. The van der Waals surface area contributed by atoms with Gasteiger partial charge in [-0.05, 0) is 50.7 Å². The molecule has 1 unspecified atom stereocenters. The molecule has 0 saturated heterocycles. The second kappa shape index (κ2) is 6.92. The fourth-order valence-corrected chi connectivity index (χ4v) is 2.95. The first-order valence-corrected chi connectivity index (χ1v) is 7.32. The van der Waals surface area contributed by atoms with Crippen LogP contribution in [0.5, 0.6) is 5.75 Å². The Hall–Kier alpha value is -1.06. The molecule has 3 N–H and O–H groups in total. The summed E-state index contributed by atoms with van der Waals surface area (Å²) >= 11 is 0. The van der Waals surface area contributed by atoms with Crippen molar-refractivity contribution in [3.05, 3.63) is 29.8 Å². The van der Waals surface area contributed by atoms with E-state index in [-0.39, 0.29) is 0 Å². The Balaban J connectivity index is 1.85. The van der Waals surface area contributed by atoms with Crippen LogP contribution in [0.3, 0.4) is 0 Å². The van der Waals surface area contributed by atoms with Crippen molar-refractivity contribution in [3.63, 3.8) is 0 Å². The Bertz CT molecular complexity index is 386. The van der Waals surface area contributed by atoms with E-state index >= 15 is 0 Å². The molecule has 1 aromatic carbocycles. The first-order valence-electron chi connectivity index (χ1n) is 7.32. The third-order valence-electron chi connectivity index (χ3n) is 4.01. The first kappa shape index (κ1) is 14.4. The van der Waals surface area contributed by atoms with Gasteiger partial charge in [0.1, 0.15) is 5.75 Å². The van der Waals surface area contributed by atoms with Gasteiger partial charge in [0.05, 0.1) is 7.11 Å². The summed E-state index contributed by atoms with van der Waals surface area (Å²) in [5, 5.41) is 3.73. The predicted molar refractivity (Wildman–Crippen MR) is 79.5 cm³/mol. The number of hydrogen-bond acceptors (Lipinski definition) is 3. The number of nitrogens with one attached hydrogen (secondary N) is 1. The molecule has 3 heteroatoms. The molecular weight excluding hydrogens is 236 g/mol. The van der Waals surface area contributed by atoms with Crippen molar-refractivity contribution in [2.75, 3.05) is 7.11 Å². The summed E-state index contributed by atoms with van der Waals surface area (Å²) in [5.74, 6) is 0.988. The quantitative estimate of drug-likeness (QED) is 0.857. The minimum atomic E-state index is 0.419. The largest absolute Gasteiger partial charge is 0.496 e. The molecule has 0 aromatic heterocycles. The van der Waals surface area contributed by atoms with Crippen molar-refractivity contribution >= 4 is 0 Å². The van der Waals surface area contributed by atoms with Crippen molar-refractivity contribution in [1.29, 1.82) is 0 Å². The van der Waals surface area contributed by atoms with E-state index in [1.54, 1.807) is 7.11 Å². The third kappa shape index (κ3) is 4.22. The normalized spacial score (nSPS) is 25.0. The second-order valence-corrected chi connectivity index (χ2v) is 5.70. The molecule has 0 radical (unpaired) electrons. The van der Waals surface area contributed by atoms with Crippen LogP contribution in [0.4, 0.5) is 0 Å². The van der Waals surface area contributed by atoms with Gasteiger partial charge < -0.3 is 15.8 Å². The van der Waals surface area contributed by atoms with Crippen LogP contribution in [-0.4, -0.2) is 25.2 Å². The molecule has 0 aliphatic heterocycles. The number of para-hydroxylation sites is 1. The van der Waals surface area contributed by atoms with Crippen molar-refractivity contribution < 1.29 is 4.74 Å². The number of nitrogens with two attached hydrogens (primary N) is 1. The Kier molecular flexibility index (Phi) is 5.23. The third-order valence-corrected chi connectivity index (χ3v) is 4.01. The molecule has 3 nitrogen and oxygen atoms in total. The summed E-state index contributed by atoms with van der Waals surface area (Å²) < 4.78 is 5.41. The van der Waals surface area contributed by atoms with Crippen LogP contribution < -0.4 is 15.8 Å². The molecular formula is C16H26N2O. The zero-order valence-electron chi connectivity index (χ0n) is 12.1. The van der Waals surface area contributed by atoms with Gasteiger partial charge in [-0.25, -0.2) is 0 Å². The van der Waals surface area contributed by atoms with E-state index in [0.717, 1.165) is 25.0 Å². The zero-order valence-corrected chi connectivity index (χ0v) is 12.1. The Morgan fingerprint density at radius 2 is 1.95 bits per heavy atom. The van der Waals surface area contributed by atoms with Gasteiger partial charge in [0.2, 0.25) is 0 Å². The van der Waals surface area contributed by atoms with Gasteiger partial charge >= 0.3 is 0 Å². The van der Waals surface area contributed by atoms with E-state index in [1.165, 1.54) is 18.4 Å². The highest BCUT2D eigenvalue weighted by Gasteiger charge is 2.20. The molecule has 106 valence electrons. The van der Waals surface area contributed by atoms with Crippen LogP contribution in [-0.2, 0) is 6.42 Å². The molecule has 0 amide bonds. The summed E-state index contributed by atoms with van der Waals surface area (Å²) in [6, 6.07) is 9.78. The van der Waals surface area contributed by atoms with Crippen LogP contribution in [0, 0.1) is 0 Å². The number of ether oxygens (including phenoxy) is 1. The summed E-state index contributed by atoms with van der Waals surface area (Å²) in [5.41, 5.74) is 7.22. The first-order chi connectivity index (χ1) is 9.19. The summed E-state index contributed by atoms with van der Waals surface area (Å²) in [4.78, 5) is 0. The minimum Gasteiger partial charge on any atom is -0.496 e. The van der Waals surface area contributed by atoms with E-state index < -0.39 is 0 Å². The number of rotatable bonds is 5. The van der Waals surface area contributed by atoms with Gasteiger partial charge in [0.15, 0.2) is 0 Å². The zero-order chi connectivity index (χ0) is 13.7. The lowest BCUT2D eigenvalue weighted by molar-refractivity contribution is 0.318. The maximum absolute atomic E-state index is 5.94. The van der Waals surface area contributed by atoms with Crippen molar-refractivity contribution in [3.8, 4) is 5.75 Å². The van der Waals surface area contributed by atoms with E-state index in [4.69, 9.17) is 10.5 Å². The van der Waals surface area contributed by atoms with E-state index in [2.05, 4.69) is 24.4 Å². The molecule has 1 atom stereocenters. The van der Waals surface area contributed by atoms with Crippen LogP contribution in [0.25, 0.3) is 0 Å².